The molecule has 0 unspecified atom stereocenters. The summed E-state index contributed by atoms with van der Waals surface area (Å²) in [6.07, 6.45) is 1.46. The van der Waals surface area contributed by atoms with Crippen molar-refractivity contribution in [1.29, 1.82) is 0 Å². The van der Waals surface area contributed by atoms with E-state index in [-0.39, 0.29) is 12.5 Å². The lowest BCUT2D eigenvalue weighted by Gasteiger charge is -2.02. The van der Waals surface area contributed by atoms with E-state index in [1.165, 1.54) is 12.3 Å². The van der Waals surface area contributed by atoms with Crippen molar-refractivity contribution in [3.63, 3.8) is 0 Å². The molecule has 1 aliphatic heterocycles. The minimum atomic E-state index is -0.462. The summed E-state index contributed by atoms with van der Waals surface area (Å²) in [5.74, 6) is 0.848. The summed E-state index contributed by atoms with van der Waals surface area (Å²) in [6.45, 7) is 1.99. The second kappa shape index (κ2) is 5.86. The van der Waals surface area contributed by atoms with Crippen LogP contribution in [0.1, 0.15) is 11.3 Å². The van der Waals surface area contributed by atoms with Crippen LogP contribution in [0.4, 0.5) is 11.4 Å². The monoisotopic (exact) mass is 335 g/mol. The van der Waals surface area contributed by atoms with Gasteiger partial charge in [-0.15, -0.1) is 0 Å². The van der Waals surface area contributed by atoms with E-state index in [0.717, 1.165) is 16.6 Å². The number of benzene rings is 2. The molecule has 0 atom stereocenters. The molecule has 1 aromatic heterocycles. The summed E-state index contributed by atoms with van der Waals surface area (Å²) in [5.41, 5.74) is 2.79. The maximum Gasteiger partial charge on any atom is 0.282 e. The van der Waals surface area contributed by atoms with Gasteiger partial charge in [-0.3, -0.25) is 20.1 Å². The first-order valence-corrected chi connectivity index (χ1v) is 7.60. The van der Waals surface area contributed by atoms with Gasteiger partial charge in [0.05, 0.1) is 27.8 Å². The highest BCUT2D eigenvalue weighted by atomic mass is 16.7. The van der Waals surface area contributed by atoms with Gasteiger partial charge in [0.1, 0.15) is 0 Å². The van der Waals surface area contributed by atoms with Crippen LogP contribution >= 0.6 is 0 Å². The van der Waals surface area contributed by atoms with E-state index in [1.807, 2.05) is 37.3 Å². The summed E-state index contributed by atoms with van der Waals surface area (Å²) in [7, 11) is 0. The van der Waals surface area contributed by atoms with E-state index < -0.39 is 4.92 Å². The van der Waals surface area contributed by atoms with Crippen LogP contribution in [-0.2, 0) is 0 Å². The van der Waals surface area contributed by atoms with Crippen LogP contribution in [0.25, 0.3) is 10.9 Å². The van der Waals surface area contributed by atoms with E-state index in [2.05, 4.69) is 9.98 Å². The van der Waals surface area contributed by atoms with E-state index >= 15 is 0 Å². The maximum atomic E-state index is 11.3. The molecular formula is C18H13N3O4. The van der Waals surface area contributed by atoms with Crippen molar-refractivity contribution in [1.82, 2.24) is 4.98 Å². The number of aromatic nitrogens is 1. The van der Waals surface area contributed by atoms with Gasteiger partial charge in [0.15, 0.2) is 11.5 Å². The third-order valence-corrected chi connectivity index (χ3v) is 3.88. The molecule has 0 bridgehead atoms. The fourth-order valence-electron chi connectivity index (χ4n) is 2.65. The van der Waals surface area contributed by atoms with E-state index in [0.29, 0.717) is 22.7 Å². The number of hydrogen-bond acceptors (Lipinski definition) is 6. The van der Waals surface area contributed by atoms with Gasteiger partial charge < -0.3 is 9.47 Å². The number of fused-ring (bicyclic) bond motifs is 2. The van der Waals surface area contributed by atoms with Crippen LogP contribution in [0.2, 0.25) is 0 Å². The molecule has 1 aliphatic rings. The molecule has 0 saturated heterocycles. The summed E-state index contributed by atoms with van der Waals surface area (Å²) >= 11 is 0. The van der Waals surface area contributed by atoms with E-state index in [9.17, 15) is 10.1 Å². The predicted octanol–water partition coefficient (Wildman–Crippen LogP) is 3.93. The third-order valence-electron chi connectivity index (χ3n) is 3.88. The highest BCUT2D eigenvalue weighted by Crippen LogP contribution is 2.37. The highest BCUT2D eigenvalue weighted by molar-refractivity contribution is 5.90. The second-order valence-corrected chi connectivity index (χ2v) is 5.61. The van der Waals surface area contributed by atoms with Gasteiger partial charge in [0.2, 0.25) is 6.79 Å². The number of nitrogens with zero attached hydrogens (tertiary/aromatic N) is 3. The van der Waals surface area contributed by atoms with Crippen molar-refractivity contribution in [3.8, 4) is 11.5 Å². The number of aryl methyl sites for hydroxylation is 1. The largest absolute Gasteiger partial charge is 0.454 e. The zero-order valence-electron chi connectivity index (χ0n) is 13.3. The Hall–Kier alpha value is -3.48. The molecule has 4 rings (SSSR count). The lowest BCUT2D eigenvalue weighted by molar-refractivity contribution is -0.385. The molecule has 3 aromatic rings. The number of nitro groups is 1. The lowest BCUT2D eigenvalue weighted by Crippen LogP contribution is -1.94. The van der Waals surface area contributed by atoms with Crippen molar-refractivity contribution in [3.05, 3.63) is 63.8 Å². The SMILES string of the molecule is Cc1ccc2cc(N=Cc3cc4c(cc3[N+](=O)[O-])OCO4)ccc2n1. The molecular weight excluding hydrogens is 322 g/mol. The summed E-state index contributed by atoms with van der Waals surface area (Å²) < 4.78 is 10.5. The molecule has 2 aromatic carbocycles. The quantitative estimate of drug-likeness (QED) is 0.411. The molecule has 7 nitrogen and oxygen atoms in total. The van der Waals surface area contributed by atoms with Crippen molar-refractivity contribution < 1.29 is 14.4 Å². The van der Waals surface area contributed by atoms with Crippen molar-refractivity contribution in [2.24, 2.45) is 4.99 Å². The van der Waals surface area contributed by atoms with Crippen molar-refractivity contribution in [2.45, 2.75) is 6.92 Å². The normalized spacial score (nSPS) is 12.8. The second-order valence-electron chi connectivity index (χ2n) is 5.61. The highest BCUT2D eigenvalue weighted by Gasteiger charge is 2.22. The van der Waals surface area contributed by atoms with Gasteiger partial charge >= 0.3 is 0 Å². The molecule has 0 spiro atoms. The molecule has 0 amide bonds. The Morgan fingerprint density at radius 3 is 2.76 bits per heavy atom. The third kappa shape index (κ3) is 2.87. The zero-order valence-corrected chi connectivity index (χ0v) is 13.3. The van der Waals surface area contributed by atoms with Crippen LogP contribution < -0.4 is 9.47 Å². The van der Waals surface area contributed by atoms with Gasteiger partial charge in [-0.25, -0.2) is 0 Å². The van der Waals surface area contributed by atoms with Crippen LogP contribution in [0.15, 0.2) is 47.5 Å². The minimum absolute atomic E-state index is 0.0597. The fraction of sp³-hybridized carbons (Fsp3) is 0.111. The number of pyridine rings is 1. The number of rotatable bonds is 3. The number of hydrogen-bond donors (Lipinski definition) is 0. The molecule has 0 saturated carbocycles. The van der Waals surface area contributed by atoms with Crippen LogP contribution in [-0.4, -0.2) is 22.9 Å². The Morgan fingerprint density at radius 2 is 1.96 bits per heavy atom. The first kappa shape index (κ1) is 15.1. The summed E-state index contributed by atoms with van der Waals surface area (Å²) in [4.78, 5) is 19.6. The topological polar surface area (TPSA) is 86.9 Å². The minimum Gasteiger partial charge on any atom is -0.454 e. The lowest BCUT2D eigenvalue weighted by atomic mass is 10.1. The molecule has 2 heterocycles. The standard InChI is InChI=1S/C18H13N3O4/c1-11-2-3-12-6-14(4-5-15(12)20-11)19-9-13-7-17-18(25-10-24-17)8-16(13)21(22)23/h2-9H,10H2,1H3. The Labute approximate surface area is 142 Å². The molecule has 0 aliphatic carbocycles. The summed E-state index contributed by atoms with van der Waals surface area (Å²) in [6, 6.07) is 12.4. The predicted molar refractivity (Wildman–Crippen MR) is 93.0 cm³/mol. The Bertz CT molecular complexity index is 1030. The zero-order chi connectivity index (χ0) is 17.4. The van der Waals surface area contributed by atoms with Crippen LogP contribution in [0, 0.1) is 17.0 Å². The molecule has 0 fully saturated rings. The smallest absolute Gasteiger partial charge is 0.282 e. The number of aliphatic imine (C=N–C) groups is 1. The Balaban J connectivity index is 1.72. The fourth-order valence-corrected chi connectivity index (χ4v) is 2.65. The van der Waals surface area contributed by atoms with Gasteiger partial charge in [-0.05, 0) is 37.3 Å². The first-order valence-electron chi connectivity index (χ1n) is 7.60. The Kier molecular flexibility index (Phi) is 3.53. The number of nitro benzene ring substituents is 1. The molecule has 124 valence electrons. The van der Waals surface area contributed by atoms with Crippen molar-refractivity contribution >= 4 is 28.5 Å². The van der Waals surface area contributed by atoms with E-state index in [1.54, 1.807) is 6.07 Å². The average molecular weight is 335 g/mol. The van der Waals surface area contributed by atoms with Gasteiger partial charge in [-0.1, -0.05) is 6.07 Å². The molecule has 25 heavy (non-hydrogen) atoms. The van der Waals surface area contributed by atoms with Gasteiger partial charge in [-0.2, -0.15) is 0 Å². The molecule has 0 N–H and O–H groups in total. The average Bonchev–Trinajstić information content (AvgIpc) is 3.06. The molecule has 0 radical (unpaired) electrons. The maximum absolute atomic E-state index is 11.3. The number of ether oxygens (including phenoxy) is 2. The van der Waals surface area contributed by atoms with Gasteiger partial charge in [0, 0.05) is 17.3 Å². The van der Waals surface area contributed by atoms with Crippen LogP contribution in [0.5, 0.6) is 11.5 Å². The van der Waals surface area contributed by atoms with E-state index in [4.69, 9.17) is 9.47 Å². The van der Waals surface area contributed by atoms with Gasteiger partial charge in [0.25, 0.3) is 5.69 Å². The van der Waals surface area contributed by atoms with Crippen LogP contribution in [0.3, 0.4) is 0 Å². The first-order chi connectivity index (χ1) is 12.1. The van der Waals surface area contributed by atoms with Crippen molar-refractivity contribution in [2.75, 3.05) is 6.79 Å². The summed E-state index contributed by atoms with van der Waals surface area (Å²) in [5, 5.41) is 12.2. The Morgan fingerprint density at radius 1 is 1.16 bits per heavy atom. The molecule has 7 heteroatoms.